The summed E-state index contributed by atoms with van der Waals surface area (Å²) in [5, 5.41) is 15.8. The zero-order valence-electron chi connectivity index (χ0n) is 10.2. The van der Waals surface area contributed by atoms with Crippen LogP contribution in [0.1, 0.15) is 5.82 Å². The Morgan fingerprint density at radius 2 is 2.21 bits per heavy atom. The molecule has 7 heteroatoms. The van der Waals surface area contributed by atoms with Gasteiger partial charge in [-0.15, -0.1) is 5.10 Å². The molecule has 0 amide bonds. The zero-order chi connectivity index (χ0) is 13.2. The van der Waals surface area contributed by atoms with Crippen LogP contribution >= 0.6 is 15.9 Å². The molecule has 0 fully saturated rings. The maximum Gasteiger partial charge on any atom is 0.170 e. The molecule has 0 spiro atoms. The standard InChI is InChI=1S/C12H11BrN6/c1-19-11(16-17-18-19)7-15-12-8-3-2-6-14-10(8)5-4-9(12)13/h2-6,15H,7H2,1H3. The molecule has 1 N–H and O–H groups in total. The molecule has 1 aromatic carbocycles. The first kappa shape index (κ1) is 12.0. The first-order valence-electron chi connectivity index (χ1n) is 5.74. The van der Waals surface area contributed by atoms with Crippen LogP contribution in [0.5, 0.6) is 0 Å². The third kappa shape index (κ3) is 2.28. The van der Waals surface area contributed by atoms with Gasteiger partial charge >= 0.3 is 0 Å². The van der Waals surface area contributed by atoms with Crippen molar-refractivity contribution in [2.75, 3.05) is 5.32 Å². The largest absolute Gasteiger partial charge is 0.376 e. The SMILES string of the molecule is Cn1nnnc1CNc1c(Br)ccc2ncccc12. The number of fused-ring (bicyclic) bond motifs is 1. The van der Waals surface area contributed by atoms with E-state index in [1.54, 1.807) is 10.9 Å². The van der Waals surface area contributed by atoms with Gasteiger partial charge in [-0.3, -0.25) is 4.98 Å². The molecular weight excluding hydrogens is 308 g/mol. The van der Waals surface area contributed by atoms with Crippen LogP contribution in [0.25, 0.3) is 10.9 Å². The summed E-state index contributed by atoms with van der Waals surface area (Å²) in [6.07, 6.45) is 1.78. The topological polar surface area (TPSA) is 68.5 Å². The van der Waals surface area contributed by atoms with Gasteiger partial charge in [0.05, 0.1) is 17.7 Å². The second-order valence-electron chi connectivity index (χ2n) is 4.06. The lowest BCUT2D eigenvalue weighted by Gasteiger charge is -2.10. The van der Waals surface area contributed by atoms with Crippen LogP contribution < -0.4 is 5.32 Å². The zero-order valence-corrected chi connectivity index (χ0v) is 11.8. The Morgan fingerprint density at radius 1 is 1.32 bits per heavy atom. The Morgan fingerprint density at radius 3 is 3.00 bits per heavy atom. The monoisotopic (exact) mass is 318 g/mol. The van der Waals surface area contributed by atoms with E-state index in [1.165, 1.54) is 0 Å². The smallest absolute Gasteiger partial charge is 0.170 e. The van der Waals surface area contributed by atoms with Gasteiger partial charge in [0.1, 0.15) is 0 Å². The van der Waals surface area contributed by atoms with Gasteiger partial charge < -0.3 is 5.32 Å². The minimum Gasteiger partial charge on any atom is -0.376 e. The molecule has 0 atom stereocenters. The van der Waals surface area contributed by atoms with Gasteiger partial charge in [-0.05, 0) is 50.6 Å². The van der Waals surface area contributed by atoms with Gasteiger partial charge in [-0.2, -0.15) is 0 Å². The highest BCUT2D eigenvalue weighted by Gasteiger charge is 2.08. The van der Waals surface area contributed by atoms with E-state index in [2.05, 4.69) is 41.8 Å². The van der Waals surface area contributed by atoms with Crippen molar-refractivity contribution in [2.45, 2.75) is 6.54 Å². The number of pyridine rings is 1. The highest BCUT2D eigenvalue weighted by molar-refractivity contribution is 9.10. The summed E-state index contributed by atoms with van der Waals surface area (Å²) in [6.45, 7) is 0.552. The number of aromatic nitrogens is 5. The summed E-state index contributed by atoms with van der Waals surface area (Å²) < 4.78 is 2.63. The van der Waals surface area contributed by atoms with E-state index in [0.717, 1.165) is 26.9 Å². The Labute approximate surface area is 118 Å². The quantitative estimate of drug-likeness (QED) is 0.801. The summed E-state index contributed by atoms with van der Waals surface area (Å²) >= 11 is 3.55. The summed E-state index contributed by atoms with van der Waals surface area (Å²) in [4.78, 5) is 4.34. The normalized spacial score (nSPS) is 10.8. The summed E-state index contributed by atoms with van der Waals surface area (Å²) in [5.41, 5.74) is 1.94. The number of hydrogen-bond acceptors (Lipinski definition) is 5. The van der Waals surface area contributed by atoms with Crippen LogP contribution in [0.15, 0.2) is 34.9 Å². The molecule has 0 aliphatic rings. The van der Waals surface area contributed by atoms with E-state index in [0.29, 0.717) is 6.54 Å². The maximum absolute atomic E-state index is 4.34. The summed E-state index contributed by atoms with van der Waals surface area (Å²) in [5.74, 6) is 0.771. The first-order chi connectivity index (χ1) is 9.25. The molecule has 3 aromatic rings. The molecule has 0 aliphatic heterocycles. The van der Waals surface area contributed by atoms with E-state index in [-0.39, 0.29) is 0 Å². The van der Waals surface area contributed by atoms with E-state index < -0.39 is 0 Å². The van der Waals surface area contributed by atoms with Crippen molar-refractivity contribution < 1.29 is 0 Å². The lowest BCUT2D eigenvalue weighted by molar-refractivity contribution is 0.683. The third-order valence-corrected chi connectivity index (χ3v) is 3.53. The number of rotatable bonds is 3. The lowest BCUT2D eigenvalue weighted by Crippen LogP contribution is -2.07. The van der Waals surface area contributed by atoms with E-state index in [4.69, 9.17) is 0 Å². The van der Waals surface area contributed by atoms with Gasteiger partial charge in [0.15, 0.2) is 5.82 Å². The van der Waals surface area contributed by atoms with Crippen LogP contribution in [0.2, 0.25) is 0 Å². The number of tetrazole rings is 1. The third-order valence-electron chi connectivity index (χ3n) is 2.87. The predicted molar refractivity (Wildman–Crippen MR) is 75.6 cm³/mol. The number of benzene rings is 1. The molecule has 0 saturated carbocycles. The molecule has 0 bridgehead atoms. The predicted octanol–water partition coefficient (Wildman–Crippen LogP) is 2.13. The highest BCUT2D eigenvalue weighted by atomic mass is 79.9. The number of nitrogens with zero attached hydrogens (tertiary/aromatic N) is 5. The number of nitrogens with one attached hydrogen (secondary N) is 1. The van der Waals surface area contributed by atoms with Crippen molar-refractivity contribution in [1.82, 2.24) is 25.2 Å². The highest BCUT2D eigenvalue weighted by Crippen LogP contribution is 2.30. The van der Waals surface area contributed by atoms with Crippen molar-refractivity contribution in [3.8, 4) is 0 Å². The van der Waals surface area contributed by atoms with Gasteiger partial charge in [0, 0.05) is 23.1 Å². The molecule has 2 aromatic heterocycles. The van der Waals surface area contributed by atoms with E-state index >= 15 is 0 Å². The number of hydrogen-bond donors (Lipinski definition) is 1. The van der Waals surface area contributed by atoms with Crippen LogP contribution in [-0.4, -0.2) is 25.2 Å². The molecule has 6 nitrogen and oxygen atoms in total. The van der Waals surface area contributed by atoms with Crippen molar-refractivity contribution in [3.05, 3.63) is 40.8 Å². The fraction of sp³-hybridized carbons (Fsp3) is 0.167. The fourth-order valence-corrected chi connectivity index (χ4v) is 2.36. The average Bonchev–Trinajstić information content (AvgIpc) is 2.83. The number of anilines is 1. The summed E-state index contributed by atoms with van der Waals surface area (Å²) in [6, 6.07) is 7.91. The lowest BCUT2D eigenvalue weighted by atomic mass is 10.2. The van der Waals surface area contributed by atoms with Crippen molar-refractivity contribution in [3.63, 3.8) is 0 Å². The molecule has 0 unspecified atom stereocenters. The molecule has 2 heterocycles. The minimum absolute atomic E-state index is 0.552. The molecule has 0 radical (unpaired) electrons. The van der Waals surface area contributed by atoms with Crippen molar-refractivity contribution in [2.24, 2.45) is 7.05 Å². The van der Waals surface area contributed by atoms with Gasteiger partial charge in [0.2, 0.25) is 0 Å². The van der Waals surface area contributed by atoms with Crippen molar-refractivity contribution in [1.29, 1.82) is 0 Å². The van der Waals surface area contributed by atoms with Crippen LogP contribution in [-0.2, 0) is 13.6 Å². The second-order valence-corrected chi connectivity index (χ2v) is 4.92. The molecule has 0 aliphatic carbocycles. The van der Waals surface area contributed by atoms with E-state index in [9.17, 15) is 0 Å². The maximum atomic E-state index is 4.34. The number of halogens is 1. The van der Waals surface area contributed by atoms with Crippen LogP contribution in [0.4, 0.5) is 5.69 Å². The van der Waals surface area contributed by atoms with Gasteiger partial charge in [-0.1, -0.05) is 0 Å². The average molecular weight is 319 g/mol. The Bertz CT molecular complexity index is 723. The molecule has 96 valence electrons. The van der Waals surface area contributed by atoms with Crippen LogP contribution in [0.3, 0.4) is 0 Å². The summed E-state index contributed by atoms with van der Waals surface area (Å²) in [7, 11) is 1.82. The Kier molecular flexibility index (Phi) is 3.12. The Balaban J connectivity index is 1.96. The van der Waals surface area contributed by atoms with Crippen LogP contribution in [0, 0.1) is 0 Å². The second kappa shape index (κ2) is 4.93. The Hall–Kier alpha value is -2.02. The molecule has 0 saturated heterocycles. The minimum atomic E-state index is 0.552. The molecule has 19 heavy (non-hydrogen) atoms. The fourth-order valence-electron chi connectivity index (χ4n) is 1.87. The molecule has 3 rings (SSSR count). The van der Waals surface area contributed by atoms with Gasteiger partial charge in [-0.25, -0.2) is 4.68 Å². The van der Waals surface area contributed by atoms with Crippen molar-refractivity contribution >= 4 is 32.5 Å². The van der Waals surface area contributed by atoms with E-state index in [1.807, 2.05) is 31.3 Å². The number of aryl methyl sites for hydroxylation is 1. The molecular formula is C12H11BrN6. The van der Waals surface area contributed by atoms with Gasteiger partial charge in [0.25, 0.3) is 0 Å². The first-order valence-corrected chi connectivity index (χ1v) is 6.53.